The Balaban J connectivity index is 2.31. The number of esters is 1. The van der Waals surface area contributed by atoms with E-state index in [1.165, 1.54) is 6.07 Å². The minimum atomic E-state index is -4.60. The molecule has 158 valence electrons. The van der Waals surface area contributed by atoms with Crippen LogP contribution in [0.3, 0.4) is 0 Å². The number of amides is 1. The lowest BCUT2D eigenvalue weighted by atomic mass is 10.2. The van der Waals surface area contributed by atoms with E-state index in [4.69, 9.17) is 22.7 Å². The fraction of sp³-hybridized carbons (Fsp3) is 0.235. The molecular formula is C17H15F3N6O3S. The summed E-state index contributed by atoms with van der Waals surface area (Å²) in [6, 6.07) is 4.48. The Labute approximate surface area is 173 Å². The molecular weight excluding hydrogens is 425 g/mol. The molecule has 0 bridgehead atoms. The summed E-state index contributed by atoms with van der Waals surface area (Å²) < 4.78 is 43.3. The maximum Gasteiger partial charge on any atom is 0.416 e. The van der Waals surface area contributed by atoms with Crippen molar-refractivity contribution in [2.45, 2.75) is 19.1 Å². The first-order valence-electron chi connectivity index (χ1n) is 8.19. The van der Waals surface area contributed by atoms with Crippen molar-refractivity contribution in [2.24, 2.45) is 0 Å². The summed E-state index contributed by atoms with van der Waals surface area (Å²) in [6.45, 7) is 0.619. The fourth-order valence-electron chi connectivity index (χ4n) is 2.26. The Hall–Kier alpha value is -3.66. The van der Waals surface area contributed by atoms with Crippen LogP contribution in [0.15, 0.2) is 24.3 Å². The van der Waals surface area contributed by atoms with Crippen LogP contribution in [-0.2, 0) is 20.5 Å². The second-order valence-corrected chi connectivity index (χ2v) is 6.24. The molecule has 1 amide bonds. The van der Waals surface area contributed by atoms with Gasteiger partial charge in [0.25, 0.3) is 0 Å². The lowest BCUT2D eigenvalue weighted by molar-refractivity contribution is -0.142. The van der Waals surface area contributed by atoms with Crippen LogP contribution < -0.4 is 16.4 Å². The van der Waals surface area contributed by atoms with Gasteiger partial charge >= 0.3 is 12.1 Å². The van der Waals surface area contributed by atoms with Crippen molar-refractivity contribution in [1.82, 2.24) is 9.97 Å². The van der Waals surface area contributed by atoms with E-state index in [2.05, 4.69) is 20.6 Å². The number of aromatic amines is 1. The molecule has 1 aromatic heterocycles. The minimum Gasteiger partial charge on any atom is -0.463 e. The molecule has 5 N–H and O–H groups in total. The number of carbonyl (C=O) groups is 2. The zero-order chi connectivity index (χ0) is 22.5. The maximum absolute atomic E-state index is 12.9. The normalized spacial score (nSPS) is 11.8. The molecule has 0 fully saturated rings. The molecule has 0 aliphatic rings. The van der Waals surface area contributed by atoms with E-state index in [1.807, 2.05) is 0 Å². The molecule has 0 saturated carbocycles. The van der Waals surface area contributed by atoms with Crippen molar-refractivity contribution in [1.29, 1.82) is 5.26 Å². The molecule has 1 heterocycles. The Kier molecular flexibility index (Phi) is 6.96. The van der Waals surface area contributed by atoms with E-state index >= 15 is 0 Å². The molecule has 1 aromatic carbocycles. The largest absolute Gasteiger partial charge is 0.463 e. The van der Waals surface area contributed by atoms with Crippen LogP contribution in [0.1, 0.15) is 18.1 Å². The van der Waals surface area contributed by atoms with Crippen molar-refractivity contribution >= 4 is 41.5 Å². The molecule has 30 heavy (non-hydrogen) atoms. The molecule has 9 nitrogen and oxygen atoms in total. The number of nitrogens with two attached hydrogens (primary N) is 1. The highest BCUT2D eigenvalue weighted by atomic mass is 32.1. The second kappa shape index (κ2) is 9.23. The number of nitrogens with zero attached hydrogens (tertiary/aromatic N) is 2. The number of nitriles is 1. The van der Waals surface area contributed by atoms with Gasteiger partial charge < -0.3 is 26.1 Å². The molecule has 0 saturated heterocycles. The number of hydrogen-bond donors (Lipinski definition) is 4. The number of benzene rings is 1. The number of H-pyrrole nitrogens is 1. The van der Waals surface area contributed by atoms with Gasteiger partial charge in [-0.1, -0.05) is 18.3 Å². The highest BCUT2D eigenvalue weighted by molar-refractivity contribution is 7.71. The summed E-state index contributed by atoms with van der Waals surface area (Å²) in [5, 5.41) is 14.2. The number of nitrogen functional groups attached to an aromatic ring is 1. The van der Waals surface area contributed by atoms with E-state index in [-0.39, 0.29) is 27.7 Å². The monoisotopic (exact) mass is 440 g/mol. The number of aromatic nitrogens is 2. The van der Waals surface area contributed by atoms with Gasteiger partial charge in [0, 0.05) is 12.6 Å². The smallest absolute Gasteiger partial charge is 0.416 e. The number of alkyl halides is 3. The average molecular weight is 440 g/mol. The standard InChI is InChI=1S/C17H15F3N6O3S/c1-8(27)29-7-12(24-13-11(6-21)15(30)26-16(22)25-13)14(28)23-10-4-2-3-9(5-10)17(18,19)20/h2-5,12H,7H2,1H3,(H,23,28)(H4,22,24,25,26,30)/t12-/m0/s1. The van der Waals surface area contributed by atoms with E-state index in [0.29, 0.717) is 0 Å². The first-order chi connectivity index (χ1) is 14.0. The lowest BCUT2D eigenvalue weighted by Gasteiger charge is -2.20. The summed E-state index contributed by atoms with van der Waals surface area (Å²) in [5.41, 5.74) is 4.35. The molecule has 1 atom stereocenters. The SMILES string of the molecule is CC(=O)OC[C@H](Nc1[nH]c(N)nc(=S)c1C#N)C(=O)Nc1cccc(C(F)(F)F)c1. The van der Waals surface area contributed by atoms with Crippen LogP contribution >= 0.6 is 12.2 Å². The van der Waals surface area contributed by atoms with Crippen LogP contribution in [0.4, 0.5) is 30.6 Å². The third-order valence-electron chi connectivity index (χ3n) is 3.60. The van der Waals surface area contributed by atoms with Gasteiger partial charge in [-0.2, -0.15) is 18.4 Å². The van der Waals surface area contributed by atoms with Gasteiger partial charge in [0.05, 0.1) is 5.56 Å². The van der Waals surface area contributed by atoms with E-state index < -0.39 is 36.3 Å². The number of halogens is 3. The predicted octanol–water partition coefficient (Wildman–Crippen LogP) is 2.59. The Morgan fingerprint density at radius 3 is 2.73 bits per heavy atom. The van der Waals surface area contributed by atoms with Gasteiger partial charge in [-0.05, 0) is 18.2 Å². The molecule has 2 aromatic rings. The van der Waals surface area contributed by atoms with Crippen molar-refractivity contribution in [3.05, 3.63) is 40.0 Å². The maximum atomic E-state index is 12.9. The van der Waals surface area contributed by atoms with Crippen molar-refractivity contribution < 1.29 is 27.5 Å². The second-order valence-electron chi connectivity index (χ2n) is 5.86. The summed E-state index contributed by atoms with van der Waals surface area (Å²) in [7, 11) is 0. The van der Waals surface area contributed by atoms with Crippen molar-refractivity contribution in [2.75, 3.05) is 23.0 Å². The Morgan fingerprint density at radius 2 is 2.13 bits per heavy atom. The van der Waals surface area contributed by atoms with Crippen molar-refractivity contribution in [3.63, 3.8) is 0 Å². The number of carbonyl (C=O) groups excluding carboxylic acids is 2. The molecule has 2 rings (SSSR count). The molecule has 0 aliphatic carbocycles. The van der Waals surface area contributed by atoms with Crippen molar-refractivity contribution in [3.8, 4) is 6.07 Å². The first-order valence-corrected chi connectivity index (χ1v) is 8.60. The number of rotatable bonds is 6. The molecule has 0 unspecified atom stereocenters. The number of ether oxygens (including phenoxy) is 1. The lowest BCUT2D eigenvalue weighted by Crippen LogP contribution is -2.39. The van der Waals surface area contributed by atoms with Gasteiger partial charge in [0.1, 0.15) is 30.1 Å². The van der Waals surface area contributed by atoms with Crippen LogP contribution in [0.2, 0.25) is 0 Å². The number of anilines is 3. The number of hydrogen-bond acceptors (Lipinski definition) is 8. The summed E-state index contributed by atoms with van der Waals surface area (Å²) in [6.07, 6.45) is -4.60. The number of nitrogens with one attached hydrogen (secondary N) is 3. The van der Waals surface area contributed by atoms with Crippen LogP contribution in [0.25, 0.3) is 0 Å². The zero-order valence-electron chi connectivity index (χ0n) is 15.3. The predicted molar refractivity (Wildman–Crippen MR) is 103 cm³/mol. The van der Waals surface area contributed by atoms with E-state index in [1.54, 1.807) is 6.07 Å². The highest BCUT2D eigenvalue weighted by Gasteiger charge is 2.31. The average Bonchev–Trinajstić information content (AvgIpc) is 2.64. The van der Waals surface area contributed by atoms with Gasteiger partial charge in [0.15, 0.2) is 10.6 Å². The first kappa shape index (κ1) is 22.6. The topological polar surface area (TPSA) is 146 Å². The molecule has 13 heteroatoms. The van der Waals surface area contributed by atoms with Crippen LogP contribution in [-0.4, -0.2) is 34.5 Å². The van der Waals surface area contributed by atoms with Gasteiger partial charge in [-0.25, -0.2) is 4.98 Å². The Morgan fingerprint density at radius 1 is 1.43 bits per heavy atom. The fourth-order valence-corrected chi connectivity index (χ4v) is 2.51. The van der Waals surface area contributed by atoms with Gasteiger partial charge in [0.2, 0.25) is 5.91 Å². The summed E-state index contributed by atoms with van der Waals surface area (Å²) in [4.78, 5) is 30.0. The molecule has 0 spiro atoms. The Bertz CT molecular complexity index is 1060. The molecule has 0 radical (unpaired) electrons. The van der Waals surface area contributed by atoms with Crippen LogP contribution in [0.5, 0.6) is 0 Å². The summed E-state index contributed by atoms with van der Waals surface area (Å²) in [5.74, 6) is -1.75. The van der Waals surface area contributed by atoms with E-state index in [9.17, 15) is 28.0 Å². The van der Waals surface area contributed by atoms with Gasteiger partial charge in [-0.15, -0.1) is 0 Å². The zero-order valence-corrected chi connectivity index (χ0v) is 16.1. The highest BCUT2D eigenvalue weighted by Crippen LogP contribution is 2.30. The minimum absolute atomic E-state index is 0.0636. The van der Waals surface area contributed by atoms with Gasteiger partial charge in [-0.3, -0.25) is 9.59 Å². The van der Waals surface area contributed by atoms with E-state index in [0.717, 1.165) is 25.1 Å². The molecule has 0 aliphatic heterocycles. The van der Waals surface area contributed by atoms with Crippen LogP contribution in [0, 0.1) is 16.0 Å². The summed E-state index contributed by atoms with van der Waals surface area (Å²) >= 11 is 4.94. The quantitative estimate of drug-likeness (QED) is 0.396. The third-order valence-corrected chi connectivity index (χ3v) is 3.89. The third kappa shape index (κ3) is 5.92.